The first-order valence-electron chi connectivity index (χ1n) is 40.0. The van der Waals surface area contributed by atoms with Crippen LogP contribution in [0.2, 0.25) is 0 Å². The third kappa shape index (κ3) is 17.5. The van der Waals surface area contributed by atoms with Gasteiger partial charge in [-0.2, -0.15) is 0 Å². The Hall–Kier alpha value is -16.9. The first kappa shape index (κ1) is 79.5. The number of H-pyrrole nitrogens is 2. The van der Waals surface area contributed by atoms with Crippen molar-refractivity contribution >= 4 is 115 Å². The number of benzene rings is 12. The number of aromatic nitrogens is 4. The van der Waals surface area contributed by atoms with E-state index in [4.69, 9.17) is 47.9 Å². The van der Waals surface area contributed by atoms with Gasteiger partial charge in [0.1, 0.15) is 46.0 Å². The van der Waals surface area contributed by atoms with E-state index in [9.17, 15) is 0 Å². The third-order valence-corrected chi connectivity index (χ3v) is 21.2. The molecule has 2 aliphatic heterocycles. The molecule has 0 spiro atoms. The smallest absolute Gasteiger partial charge is 0.119 e. The number of anilines is 12. The maximum absolute atomic E-state index is 5.57. The van der Waals surface area contributed by atoms with Crippen molar-refractivity contribution in [3.63, 3.8) is 0 Å². The average Bonchev–Trinajstić information content (AvgIpc) is 1.72. The van der Waals surface area contributed by atoms with Gasteiger partial charge in [0.25, 0.3) is 0 Å². The van der Waals surface area contributed by atoms with Crippen LogP contribution in [0.25, 0.3) is 46.4 Å². The van der Waals surface area contributed by atoms with E-state index in [2.05, 4.69) is 125 Å². The van der Waals surface area contributed by atoms with Gasteiger partial charge < -0.3 is 67.5 Å². The molecule has 2 aliphatic rings. The minimum absolute atomic E-state index is 0.609. The molecule has 2 N–H and O–H groups in total. The molecular weight excluding hydrogens is 1540 g/mol. The van der Waals surface area contributed by atoms with Crippen molar-refractivity contribution in [3.05, 3.63) is 383 Å². The van der Waals surface area contributed by atoms with Gasteiger partial charge >= 0.3 is 0 Å². The molecule has 17 rings (SSSR count). The van der Waals surface area contributed by atoms with E-state index in [1.165, 1.54) is 0 Å². The molecule has 124 heavy (non-hydrogen) atoms. The second-order valence-electron chi connectivity index (χ2n) is 28.6. The van der Waals surface area contributed by atoms with Crippen molar-refractivity contribution in [1.29, 1.82) is 0 Å². The number of fused-ring (bicyclic) bond motifs is 8. The number of ether oxygens (including phenoxy) is 8. The Labute approximate surface area is 720 Å². The molecule has 0 saturated carbocycles. The van der Waals surface area contributed by atoms with Crippen LogP contribution in [0.5, 0.6) is 46.0 Å². The lowest BCUT2D eigenvalue weighted by atomic mass is 10.1. The van der Waals surface area contributed by atoms with Crippen LogP contribution >= 0.6 is 0 Å². The summed E-state index contributed by atoms with van der Waals surface area (Å²) < 4.78 is 44.6. The van der Waals surface area contributed by atoms with Crippen molar-refractivity contribution in [1.82, 2.24) is 19.9 Å². The van der Waals surface area contributed by atoms with E-state index in [-0.39, 0.29) is 0 Å². The summed E-state index contributed by atoms with van der Waals surface area (Å²) in [7, 11) is 13.3. The van der Waals surface area contributed by atoms with Crippen molar-refractivity contribution in [2.75, 3.05) is 76.5 Å². The van der Waals surface area contributed by atoms with Crippen molar-refractivity contribution < 1.29 is 37.9 Å². The van der Waals surface area contributed by atoms with Crippen molar-refractivity contribution in [3.8, 4) is 93.4 Å². The van der Waals surface area contributed by atoms with Crippen LogP contribution in [0.4, 0.5) is 68.2 Å². The molecule has 15 aromatic rings. The molecule has 0 aliphatic carbocycles. The molecule has 5 heterocycles. The van der Waals surface area contributed by atoms with Gasteiger partial charge in [-0.3, -0.25) is 0 Å². The van der Waals surface area contributed by atoms with Crippen LogP contribution in [-0.2, 0) is 0 Å². The van der Waals surface area contributed by atoms with E-state index < -0.39 is 0 Å². The zero-order valence-electron chi connectivity index (χ0n) is 69.3. The van der Waals surface area contributed by atoms with Crippen LogP contribution in [-0.4, -0.2) is 76.8 Å². The minimum Gasteiger partial charge on any atom is -0.497 e. The van der Waals surface area contributed by atoms with Gasteiger partial charge in [0.05, 0.1) is 124 Å². The average molecular weight is 1620 g/mol. The topological polar surface area (TPSA) is 144 Å². The highest BCUT2D eigenvalue weighted by Gasteiger charge is 2.21. The summed E-state index contributed by atoms with van der Waals surface area (Å²) in [6.07, 6.45) is 8.00. The highest BCUT2D eigenvalue weighted by Crippen LogP contribution is 2.42. The fourth-order valence-corrected chi connectivity index (χ4v) is 14.7. The van der Waals surface area contributed by atoms with Gasteiger partial charge in [0.2, 0.25) is 0 Å². The molecule has 3 aromatic heterocycles. The second kappa shape index (κ2) is 36.5. The lowest BCUT2D eigenvalue weighted by Gasteiger charge is -2.25. The summed E-state index contributed by atoms with van der Waals surface area (Å²) in [6.45, 7) is 0. The number of nitrogens with one attached hydrogen (secondary N) is 2. The lowest BCUT2D eigenvalue weighted by Crippen LogP contribution is -2.09. The Bertz CT molecular complexity index is 5890. The summed E-state index contributed by atoms with van der Waals surface area (Å²) >= 11 is 0. The third-order valence-electron chi connectivity index (χ3n) is 21.2. The van der Waals surface area contributed by atoms with Crippen LogP contribution in [0.1, 0.15) is 67.3 Å². The summed E-state index contributed by atoms with van der Waals surface area (Å²) in [5.74, 6) is 34.8. The summed E-state index contributed by atoms with van der Waals surface area (Å²) in [5, 5.41) is 0. The monoisotopic (exact) mass is 1620 g/mol. The van der Waals surface area contributed by atoms with Crippen LogP contribution in [0.15, 0.2) is 315 Å². The highest BCUT2D eigenvalue weighted by atomic mass is 16.5. The Morgan fingerprint density at radius 1 is 0.177 bits per heavy atom. The van der Waals surface area contributed by atoms with Gasteiger partial charge in [0.15, 0.2) is 0 Å². The maximum Gasteiger partial charge on any atom is 0.119 e. The Kier molecular flexibility index (Phi) is 23.4. The quantitative estimate of drug-likeness (QED) is 0.0698. The molecular formula is C108H82N8O8. The molecule has 16 heteroatoms. The fraction of sp³-hybridized carbons (Fsp3) is 0.0741. The number of hydrogen-bond donors (Lipinski definition) is 2. The van der Waals surface area contributed by atoms with Gasteiger partial charge in [-0.05, 0) is 340 Å². The number of aromatic amines is 2. The summed E-state index contributed by atoms with van der Waals surface area (Å²) in [6, 6.07) is 105. The molecule has 602 valence electrons. The van der Waals surface area contributed by atoms with E-state index in [1.54, 1.807) is 56.9 Å². The standard InChI is InChI=1S/C108H82N8O8/c1-117-89-45-29-81(30-46-89)113(82-31-47-90(118-2)48-32-82)77-21-9-73(10-22-77)17-61-97-101-65-67-103(109-101)98(62-18-74-11-23-78(24-12-74)114(83-33-49-91(119-3)50-34-83)84-35-51-92(120-4)52-36-84)105-69-71-107(111-105)100(64-20-76-15-27-80(28-16-76)116(87-41-57-95(123-7)58-42-87)88-43-59-96(124-8)60-44-88)108-72-70-106(112-108)99(104-68-66-102(97)110-104)63-19-75-13-25-79(26-14-75)115(85-37-53-93(121-5)54-38-85)86-39-55-94(122-6)56-40-86/h9-16,21-60,65-72,109,112H,1-8H3. The van der Waals surface area contributed by atoms with E-state index in [0.29, 0.717) is 67.1 Å². The largest absolute Gasteiger partial charge is 0.497 e. The van der Waals surface area contributed by atoms with Gasteiger partial charge in [-0.1, -0.05) is 47.4 Å². The van der Waals surface area contributed by atoms with Crippen LogP contribution < -0.4 is 57.5 Å². The number of methoxy groups -OCH3 is 8. The summed E-state index contributed by atoms with van der Waals surface area (Å²) in [5.41, 5.74) is 22.0. The van der Waals surface area contributed by atoms with Crippen molar-refractivity contribution in [2.45, 2.75) is 0 Å². The Morgan fingerprint density at radius 3 is 0.452 bits per heavy atom. The number of rotatable bonds is 20. The molecule has 12 aromatic carbocycles. The van der Waals surface area contributed by atoms with E-state index in [1.807, 2.05) is 291 Å². The molecule has 0 radical (unpaired) electrons. The Morgan fingerprint density at radius 2 is 0.315 bits per heavy atom. The van der Waals surface area contributed by atoms with Crippen LogP contribution in [0, 0.1) is 47.4 Å². The molecule has 8 bridgehead atoms. The first-order chi connectivity index (χ1) is 61.0. The number of hydrogen-bond acceptors (Lipinski definition) is 14. The molecule has 0 saturated heterocycles. The van der Waals surface area contributed by atoms with Crippen molar-refractivity contribution in [2.24, 2.45) is 0 Å². The van der Waals surface area contributed by atoms with Gasteiger partial charge in [-0.25, -0.2) is 9.97 Å². The molecule has 16 nitrogen and oxygen atoms in total. The maximum atomic E-state index is 5.57. The van der Waals surface area contributed by atoms with Gasteiger partial charge in [0, 0.05) is 90.5 Å². The molecule has 0 fully saturated rings. The number of nitrogens with zero attached hydrogens (tertiary/aromatic N) is 6. The minimum atomic E-state index is 0.609. The van der Waals surface area contributed by atoms with E-state index in [0.717, 1.165) is 136 Å². The van der Waals surface area contributed by atoms with E-state index >= 15 is 0 Å². The molecule has 0 amide bonds. The van der Waals surface area contributed by atoms with Crippen LogP contribution in [0.3, 0.4) is 0 Å². The fourth-order valence-electron chi connectivity index (χ4n) is 14.7. The molecule has 0 unspecified atom stereocenters. The normalized spacial score (nSPS) is 10.9. The zero-order chi connectivity index (χ0) is 84.8. The first-order valence-corrected chi connectivity index (χ1v) is 40.0. The Balaban J connectivity index is 0.834. The van der Waals surface area contributed by atoms with Gasteiger partial charge in [-0.15, -0.1) is 0 Å². The predicted octanol–water partition coefficient (Wildman–Crippen LogP) is 24.2. The molecule has 0 atom stereocenters. The highest BCUT2D eigenvalue weighted by molar-refractivity contribution is 5.90. The predicted molar refractivity (Wildman–Crippen MR) is 500 cm³/mol. The lowest BCUT2D eigenvalue weighted by molar-refractivity contribution is 0.414. The SMILES string of the molecule is COc1ccc(N(c2ccc(C#Cc3c4nc(c(C#Cc5ccc(N(c6ccc(OC)cc6)c6ccc(OC)cc6)cc5)c5ccc([nH]5)c(C#Cc5ccc(N(c6ccc(OC)cc6)c6ccc(OC)cc6)cc5)c5nc(c(C#Cc6ccc(N(c7ccc(OC)cc7)c7ccc(OC)cc7)cc6)c6ccc3[nH]6)C=C5)C=C4)cc2)c2ccc(OC)cc2)cc1. The second-order valence-corrected chi connectivity index (χ2v) is 28.6. The zero-order valence-corrected chi connectivity index (χ0v) is 69.3. The summed E-state index contributed by atoms with van der Waals surface area (Å²) in [4.78, 5) is 27.4.